The number of hydrogen-bond donors (Lipinski definition) is 1. The van der Waals surface area contributed by atoms with Gasteiger partial charge < -0.3 is 10.5 Å². The number of nitrogens with zero attached hydrogens (tertiary/aromatic N) is 1. The Hall–Kier alpha value is -0.940. The van der Waals surface area contributed by atoms with Crippen molar-refractivity contribution in [3.8, 4) is 0 Å². The summed E-state index contributed by atoms with van der Waals surface area (Å²) >= 11 is 3.34. The second-order valence-corrected chi connectivity index (χ2v) is 5.03. The number of carbonyl (C=O) groups excluding carboxylic acids is 1. The van der Waals surface area contributed by atoms with Gasteiger partial charge in [0.1, 0.15) is 6.04 Å². The van der Waals surface area contributed by atoms with Crippen molar-refractivity contribution in [2.45, 2.75) is 25.3 Å². The number of halogens is 1. The predicted molar refractivity (Wildman–Crippen MR) is 65.0 cm³/mol. The smallest absolute Gasteiger partial charge is 0.323 e. The first-order chi connectivity index (χ1) is 7.39. The van der Waals surface area contributed by atoms with Gasteiger partial charge in [0.2, 0.25) is 0 Å². The number of esters is 1. The van der Waals surface area contributed by atoms with E-state index in [1.54, 1.807) is 12.4 Å². The summed E-state index contributed by atoms with van der Waals surface area (Å²) in [5.41, 5.74) is 6.23. The van der Waals surface area contributed by atoms with Gasteiger partial charge in [-0.05, 0) is 27.6 Å². The average molecular weight is 287 g/mol. The molecule has 4 nitrogen and oxygen atoms in total. The molecule has 0 amide bonds. The van der Waals surface area contributed by atoms with Crippen LogP contribution in [-0.4, -0.2) is 24.1 Å². The minimum absolute atomic E-state index is 0.426. The third-order valence-electron chi connectivity index (χ3n) is 2.68. The van der Waals surface area contributed by atoms with E-state index >= 15 is 0 Å². The fraction of sp³-hybridized carbons (Fsp3) is 0.455. The fourth-order valence-electron chi connectivity index (χ4n) is 1.37. The average Bonchev–Trinajstić information content (AvgIpc) is 2.27. The molecule has 0 aliphatic heterocycles. The number of pyridine rings is 1. The molecular weight excluding hydrogens is 272 g/mol. The van der Waals surface area contributed by atoms with Gasteiger partial charge in [-0.1, -0.05) is 13.8 Å². The summed E-state index contributed by atoms with van der Waals surface area (Å²) in [6.07, 6.45) is 3.39. The third-order valence-corrected chi connectivity index (χ3v) is 3.12. The molecule has 0 saturated heterocycles. The van der Waals surface area contributed by atoms with Crippen LogP contribution < -0.4 is 5.73 Å². The molecule has 16 heavy (non-hydrogen) atoms. The van der Waals surface area contributed by atoms with Crippen molar-refractivity contribution < 1.29 is 9.53 Å². The van der Waals surface area contributed by atoms with Crippen LogP contribution in [0.5, 0.6) is 0 Å². The first-order valence-corrected chi connectivity index (χ1v) is 5.63. The lowest BCUT2D eigenvalue weighted by atomic mass is 9.79. The molecule has 1 aromatic heterocycles. The molecule has 0 aliphatic carbocycles. The number of methoxy groups -OCH3 is 1. The van der Waals surface area contributed by atoms with Crippen LogP contribution in [0, 0.1) is 0 Å². The van der Waals surface area contributed by atoms with Gasteiger partial charge in [0.15, 0.2) is 0 Å². The van der Waals surface area contributed by atoms with E-state index in [4.69, 9.17) is 5.73 Å². The zero-order valence-electron chi connectivity index (χ0n) is 9.53. The molecule has 0 spiro atoms. The van der Waals surface area contributed by atoms with Crippen LogP contribution in [0.15, 0.2) is 22.9 Å². The van der Waals surface area contributed by atoms with Crippen LogP contribution in [0.4, 0.5) is 0 Å². The quantitative estimate of drug-likeness (QED) is 0.858. The molecule has 0 aromatic carbocycles. The summed E-state index contributed by atoms with van der Waals surface area (Å²) in [6, 6.07) is 1.18. The first kappa shape index (κ1) is 13.1. The predicted octanol–water partition coefficient (Wildman–Crippen LogP) is 1.62. The Balaban J connectivity index is 3.05. The van der Waals surface area contributed by atoms with Gasteiger partial charge in [0.25, 0.3) is 0 Å². The summed E-state index contributed by atoms with van der Waals surface area (Å²) in [7, 11) is 1.33. The Morgan fingerprint density at radius 1 is 1.56 bits per heavy atom. The zero-order valence-corrected chi connectivity index (χ0v) is 11.1. The summed E-state index contributed by atoms with van der Waals surface area (Å²) in [4.78, 5) is 15.5. The molecule has 1 aromatic rings. The molecule has 0 aliphatic rings. The van der Waals surface area contributed by atoms with E-state index in [2.05, 4.69) is 25.7 Å². The van der Waals surface area contributed by atoms with E-state index in [9.17, 15) is 4.79 Å². The lowest BCUT2D eigenvalue weighted by Gasteiger charge is -2.29. The number of aromatic nitrogens is 1. The third kappa shape index (κ3) is 2.59. The van der Waals surface area contributed by atoms with Gasteiger partial charge in [-0.3, -0.25) is 9.78 Å². The largest absolute Gasteiger partial charge is 0.468 e. The van der Waals surface area contributed by atoms with Crippen molar-refractivity contribution in [1.29, 1.82) is 0 Å². The van der Waals surface area contributed by atoms with E-state index < -0.39 is 17.4 Å². The van der Waals surface area contributed by atoms with Gasteiger partial charge in [-0.15, -0.1) is 0 Å². The monoisotopic (exact) mass is 286 g/mol. The van der Waals surface area contributed by atoms with Gasteiger partial charge in [-0.2, -0.15) is 0 Å². The number of rotatable bonds is 3. The summed E-state index contributed by atoms with van der Waals surface area (Å²) < 4.78 is 5.51. The Morgan fingerprint density at radius 2 is 2.19 bits per heavy atom. The van der Waals surface area contributed by atoms with Crippen LogP contribution in [0.2, 0.25) is 0 Å². The second kappa shape index (κ2) is 4.93. The van der Waals surface area contributed by atoms with Gasteiger partial charge in [0, 0.05) is 22.3 Å². The Kier molecular flexibility index (Phi) is 4.04. The van der Waals surface area contributed by atoms with Crippen molar-refractivity contribution in [2.75, 3.05) is 7.11 Å². The highest BCUT2D eigenvalue weighted by Crippen LogP contribution is 2.27. The maximum atomic E-state index is 11.4. The summed E-state index contributed by atoms with van der Waals surface area (Å²) in [5, 5.41) is 0. The Morgan fingerprint density at radius 3 is 2.69 bits per heavy atom. The molecule has 2 N–H and O–H groups in total. The van der Waals surface area contributed by atoms with Crippen molar-refractivity contribution in [2.24, 2.45) is 5.73 Å². The Bertz CT molecular complexity index is 393. The molecule has 0 bridgehead atoms. The van der Waals surface area contributed by atoms with Gasteiger partial charge in [-0.25, -0.2) is 0 Å². The lowest BCUT2D eigenvalue weighted by Crippen LogP contribution is -2.47. The Labute approximate surface area is 103 Å². The molecule has 1 unspecified atom stereocenters. The van der Waals surface area contributed by atoms with E-state index in [-0.39, 0.29) is 0 Å². The molecule has 1 atom stereocenters. The zero-order chi connectivity index (χ0) is 12.3. The van der Waals surface area contributed by atoms with E-state index in [0.29, 0.717) is 0 Å². The number of hydrogen-bond acceptors (Lipinski definition) is 4. The van der Waals surface area contributed by atoms with E-state index in [1.807, 2.05) is 19.9 Å². The van der Waals surface area contributed by atoms with Crippen molar-refractivity contribution in [3.05, 3.63) is 28.5 Å². The molecule has 5 heteroatoms. The number of ether oxygens (including phenoxy) is 1. The molecule has 0 radical (unpaired) electrons. The van der Waals surface area contributed by atoms with Crippen molar-refractivity contribution in [3.63, 3.8) is 0 Å². The van der Waals surface area contributed by atoms with Gasteiger partial charge in [0.05, 0.1) is 7.11 Å². The summed E-state index contributed by atoms with van der Waals surface area (Å²) in [6.45, 7) is 3.77. The molecule has 88 valence electrons. The highest BCUT2D eigenvalue weighted by molar-refractivity contribution is 9.10. The topological polar surface area (TPSA) is 65.2 Å². The van der Waals surface area contributed by atoms with Crippen LogP contribution in [0.25, 0.3) is 0 Å². The van der Waals surface area contributed by atoms with E-state index in [0.717, 1.165) is 10.0 Å². The molecule has 1 rings (SSSR count). The summed E-state index contributed by atoms with van der Waals surface area (Å²) in [5.74, 6) is -0.426. The van der Waals surface area contributed by atoms with Crippen molar-refractivity contribution in [1.82, 2.24) is 4.98 Å². The standard InChI is InChI=1S/C11H15BrN2O2/c1-11(2,9(13)10(15)16-3)7-4-8(12)6-14-5-7/h4-6,9H,13H2,1-3H3. The molecule has 0 fully saturated rings. The van der Waals surface area contributed by atoms with Crippen molar-refractivity contribution >= 4 is 21.9 Å². The van der Waals surface area contributed by atoms with Crippen LogP contribution in [0.3, 0.4) is 0 Å². The SMILES string of the molecule is COC(=O)C(N)C(C)(C)c1cncc(Br)c1. The minimum Gasteiger partial charge on any atom is -0.468 e. The minimum atomic E-state index is -0.714. The first-order valence-electron chi connectivity index (χ1n) is 4.84. The highest BCUT2D eigenvalue weighted by Gasteiger charge is 2.34. The molecule has 1 heterocycles. The fourth-order valence-corrected chi connectivity index (χ4v) is 1.73. The molecular formula is C11H15BrN2O2. The van der Waals surface area contributed by atoms with E-state index in [1.165, 1.54) is 7.11 Å². The molecule has 0 saturated carbocycles. The van der Waals surface area contributed by atoms with Crippen LogP contribution in [-0.2, 0) is 14.9 Å². The maximum Gasteiger partial charge on any atom is 0.323 e. The highest BCUT2D eigenvalue weighted by atomic mass is 79.9. The number of nitrogens with two attached hydrogens (primary N) is 1. The second-order valence-electron chi connectivity index (χ2n) is 4.11. The lowest BCUT2D eigenvalue weighted by molar-refractivity contribution is -0.143. The maximum absolute atomic E-state index is 11.4. The van der Waals surface area contributed by atoms with Crippen LogP contribution in [0.1, 0.15) is 19.4 Å². The van der Waals surface area contributed by atoms with Gasteiger partial charge >= 0.3 is 5.97 Å². The number of carbonyl (C=O) groups is 1. The van der Waals surface area contributed by atoms with Crippen LogP contribution >= 0.6 is 15.9 Å². The normalized spacial score (nSPS) is 13.3.